The van der Waals surface area contributed by atoms with Crippen LogP contribution in [-0.2, 0) is 22.4 Å². The van der Waals surface area contributed by atoms with Gasteiger partial charge in [-0.25, -0.2) is 4.39 Å². The molecule has 0 aliphatic heterocycles. The van der Waals surface area contributed by atoms with Gasteiger partial charge in [-0.3, -0.25) is 4.79 Å². The summed E-state index contributed by atoms with van der Waals surface area (Å²) in [6.45, 7) is 0.00499. The Morgan fingerprint density at radius 2 is 2.21 bits per heavy atom. The van der Waals surface area contributed by atoms with Gasteiger partial charge in [0, 0.05) is 13.5 Å². The van der Waals surface area contributed by atoms with Crippen LogP contribution in [0.2, 0.25) is 0 Å². The fourth-order valence-corrected chi connectivity index (χ4v) is 1.63. The number of ketones is 1. The minimum Gasteiger partial charge on any atom is -0.377 e. The van der Waals surface area contributed by atoms with E-state index in [1.165, 1.54) is 13.2 Å². The molecule has 6 heteroatoms. The first-order valence-corrected chi connectivity index (χ1v) is 5.74. The first-order valence-electron chi connectivity index (χ1n) is 5.74. The van der Waals surface area contributed by atoms with Gasteiger partial charge in [0.25, 0.3) is 0 Å². The molecule has 0 radical (unpaired) electrons. The highest BCUT2D eigenvalue weighted by molar-refractivity contribution is 5.81. The Kier molecular flexibility index (Phi) is 4.35. The third kappa shape index (κ3) is 3.69. The Bertz CT molecular complexity index is 569. The topological polar surface area (TPSA) is 65.2 Å². The molecule has 0 saturated carbocycles. The van der Waals surface area contributed by atoms with E-state index in [1.54, 1.807) is 18.2 Å². The maximum Gasteiger partial charge on any atom is 0.234 e. The van der Waals surface area contributed by atoms with Crippen LogP contribution in [0.5, 0.6) is 0 Å². The minimum absolute atomic E-state index is 0.00499. The molecule has 19 heavy (non-hydrogen) atoms. The van der Waals surface area contributed by atoms with Gasteiger partial charge in [-0.2, -0.15) is 4.98 Å². The molecule has 1 aromatic carbocycles. The number of nitrogens with zero attached hydrogens (tertiary/aromatic N) is 2. The number of carbonyl (C=O) groups excluding carboxylic acids is 1. The maximum absolute atomic E-state index is 13.4. The highest BCUT2D eigenvalue weighted by atomic mass is 19.1. The lowest BCUT2D eigenvalue weighted by molar-refractivity contribution is -0.122. The van der Waals surface area contributed by atoms with Crippen LogP contribution >= 0.6 is 0 Å². The fourth-order valence-electron chi connectivity index (χ4n) is 1.63. The summed E-state index contributed by atoms with van der Waals surface area (Å²) in [4.78, 5) is 15.4. The van der Waals surface area contributed by atoms with Gasteiger partial charge in [-0.05, 0) is 11.6 Å². The normalized spacial score (nSPS) is 10.6. The third-order valence-corrected chi connectivity index (χ3v) is 2.47. The van der Waals surface area contributed by atoms with E-state index < -0.39 is 0 Å². The quantitative estimate of drug-likeness (QED) is 0.792. The molecule has 0 fully saturated rings. The third-order valence-electron chi connectivity index (χ3n) is 2.47. The van der Waals surface area contributed by atoms with Crippen LogP contribution in [-0.4, -0.2) is 29.6 Å². The number of halogens is 1. The Morgan fingerprint density at radius 3 is 2.95 bits per heavy atom. The standard InChI is InChI=1S/C13H13FN2O3/c1-18-8-10(17)7-13-15-12(16-19-13)6-9-4-2-3-5-11(9)14/h2-5H,6-8H2,1H3. The number of rotatable bonds is 6. The number of benzene rings is 1. The number of hydrogen-bond donors (Lipinski definition) is 0. The van der Waals surface area contributed by atoms with E-state index in [0.29, 0.717) is 11.4 Å². The van der Waals surface area contributed by atoms with Gasteiger partial charge < -0.3 is 9.26 Å². The van der Waals surface area contributed by atoms with Crippen LogP contribution in [0.4, 0.5) is 4.39 Å². The number of carbonyl (C=O) groups is 1. The number of hydrogen-bond acceptors (Lipinski definition) is 5. The van der Waals surface area contributed by atoms with E-state index >= 15 is 0 Å². The molecule has 2 aromatic rings. The molecular weight excluding hydrogens is 251 g/mol. The average Bonchev–Trinajstić information content (AvgIpc) is 2.80. The first-order chi connectivity index (χ1) is 9.19. The second-order valence-corrected chi connectivity index (χ2v) is 4.02. The minimum atomic E-state index is -0.315. The van der Waals surface area contributed by atoms with Gasteiger partial charge in [-0.15, -0.1) is 0 Å². The molecule has 0 aliphatic carbocycles. The van der Waals surface area contributed by atoms with Crippen molar-refractivity contribution >= 4 is 5.78 Å². The molecule has 0 unspecified atom stereocenters. The van der Waals surface area contributed by atoms with E-state index in [-0.39, 0.29) is 36.9 Å². The fraction of sp³-hybridized carbons (Fsp3) is 0.308. The van der Waals surface area contributed by atoms with E-state index in [9.17, 15) is 9.18 Å². The van der Waals surface area contributed by atoms with Crippen molar-refractivity contribution in [3.05, 3.63) is 47.4 Å². The molecule has 0 saturated heterocycles. The molecule has 0 spiro atoms. The van der Waals surface area contributed by atoms with Crippen molar-refractivity contribution in [1.82, 2.24) is 10.1 Å². The number of aromatic nitrogens is 2. The van der Waals surface area contributed by atoms with E-state index in [1.807, 2.05) is 0 Å². The zero-order valence-corrected chi connectivity index (χ0v) is 10.4. The Balaban J connectivity index is 2.02. The molecular formula is C13H13FN2O3. The largest absolute Gasteiger partial charge is 0.377 e. The zero-order chi connectivity index (χ0) is 13.7. The van der Waals surface area contributed by atoms with Crippen LogP contribution in [0.3, 0.4) is 0 Å². The van der Waals surface area contributed by atoms with Gasteiger partial charge in [0.1, 0.15) is 12.4 Å². The molecule has 0 bridgehead atoms. The van der Waals surface area contributed by atoms with Crippen molar-refractivity contribution in [3.63, 3.8) is 0 Å². The number of methoxy groups -OCH3 is 1. The molecule has 2 rings (SSSR count). The molecule has 0 aliphatic rings. The average molecular weight is 264 g/mol. The summed E-state index contributed by atoms with van der Waals surface area (Å²) in [5.41, 5.74) is 0.484. The lowest BCUT2D eigenvalue weighted by Gasteiger charge is -1.97. The summed E-state index contributed by atoms with van der Waals surface area (Å²) in [6, 6.07) is 6.38. The van der Waals surface area contributed by atoms with Crippen LogP contribution in [0, 0.1) is 5.82 Å². The predicted octanol–water partition coefficient (Wildman–Crippen LogP) is 1.56. The summed E-state index contributed by atoms with van der Waals surface area (Å²) in [6.07, 6.45) is 0.257. The Labute approximate surface area is 109 Å². The smallest absolute Gasteiger partial charge is 0.234 e. The van der Waals surface area contributed by atoms with Crippen molar-refractivity contribution in [1.29, 1.82) is 0 Å². The second kappa shape index (κ2) is 6.19. The van der Waals surface area contributed by atoms with Gasteiger partial charge in [0.15, 0.2) is 11.6 Å². The first kappa shape index (κ1) is 13.4. The van der Waals surface area contributed by atoms with Crippen LogP contribution in [0.15, 0.2) is 28.8 Å². The molecule has 0 atom stereocenters. The van der Waals surface area contributed by atoms with E-state index in [2.05, 4.69) is 10.1 Å². The van der Waals surface area contributed by atoms with Crippen molar-refractivity contribution in [2.75, 3.05) is 13.7 Å². The zero-order valence-electron chi connectivity index (χ0n) is 10.4. The molecule has 0 amide bonds. The van der Waals surface area contributed by atoms with Gasteiger partial charge in [0.2, 0.25) is 5.89 Å². The molecule has 1 aromatic heterocycles. The Hall–Kier alpha value is -2.08. The van der Waals surface area contributed by atoms with Gasteiger partial charge in [-0.1, -0.05) is 23.4 Å². The van der Waals surface area contributed by atoms with Gasteiger partial charge in [0.05, 0.1) is 6.42 Å². The summed E-state index contributed by atoms with van der Waals surface area (Å²) >= 11 is 0. The maximum atomic E-state index is 13.4. The summed E-state index contributed by atoms with van der Waals surface area (Å²) in [7, 11) is 1.44. The molecule has 5 nitrogen and oxygen atoms in total. The van der Waals surface area contributed by atoms with Crippen molar-refractivity contribution in [3.8, 4) is 0 Å². The number of ether oxygens (including phenoxy) is 1. The monoisotopic (exact) mass is 264 g/mol. The lowest BCUT2D eigenvalue weighted by Crippen LogP contribution is -2.09. The van der Waals surface area contributed by atoms with Crippen LogP contribution < -0.4 is 0 Å². The van der Waals surface area contributed by atoms with Crippen molar-refractivity contribution in [2.24, 2.45) is 0 Å². The van der Waals surface area contributed by atoms with E-state index in [0.717, 1.165) is 0 Å². The summed E-state index contributed by atoms with van der Waals surface area (Å²) in [5.74, 6) is 0.103. The van der Waals surface area contributed by atoms with E-state index in [4.69, 9.17) is 9.26 Å². The number of Topliss-reactive ketones (excluding diaryl/α,β-unsaturated/α-hetero) is 1. The highest BCUT2D eigenvalue weighted by Crippen LogP contribution is 2.11. The van der Waals surface area contributed by atoms with Gasteiger partial charge >= 0.3 is 0 Å². The van der Waals surface area contributed by atoms with Crippen molar-refractivity contribution < 1.29 is 18.4 Å². The second-order valence-electron chi connectivity index (χ2n) is 4.02. The predicted molar refractivity (Wildman–Crippen MR) is 64.1 cm³/mol. The molecule has 1 heterocycles. The highest BCUT2D eigenvalue weighted by Gasteiger charge is 2.12. The summed E-state index contributed by atoms with van der Waals surface area (Å²) in [5, 5.41) is 3.72. The summed E-state index contributed by atoms with van der Waals surface area (Å²) < 4.78 is 23.1. The molecule has 100 valence electrons. The molecule has 0 N–H and O–H groups in total. The van der Waals surface area contributed by atoms with Crippen LogP contribution in [0.25, 0.3) is 0 Å². The lowest BCUT2D eigenvalue weighted by atomic mass is 10.1. The van der Waals surface area contributed by atoms with Crippen LogP contribution in [0.1, 0.15) is 17.3 Å². The SMILES string of the molecule is COCC(=O)Cc1nc(Cc2ccccc2F)no1. The Morgan fingerprint density at radius 1 is 1.42 bits per heavy atom. The van der Waals surface area contributed by atoms with Crippen molar-refractivity contribution in [2.45, 2.75) is 12.8 Å².